The molecular formula is C20H21BrN2O2S. The third-order valence-corrected chi connectivity index (χ3v) is 6.50. The van der Waals surface area contributed by atoms with Gasteiger partial charge in [-0.25, -0.2) is 8.42 Å². The Bertz CT molecular complexity index is 1010. The molecule has 0 atom stereocenters. The summed E-state index contributed by atoms with van der Waals surface area (Å²) in [5, 5.41) is 0.817. The molecule has 0 saturated heterocycles. The van der Waals surface area contributed by atoms with Crippen molar-refractivity contribution in [3.8, 4) is 0 Å². The third kappa shape index (κ3) is 3.76. The number of fused-ring (bicyclic) bond motifs is 1. The lowest BCUT2D eigenvalue weighted by Gasteiger charge is -2.20. The van der Waals surface area contributed by atoms with Gasteiger partial charge in [0.1, 0.15) is 0 Å². The van der Waals surface area contributed by atoms with Crippen molar-refractivity contribution in [2.45, 2.75) is 37.5 Å². The molecule has 0 bridgehead atoms. The lowest BCUT2D eigenvalue weighted by molar-refractivity contribution is 0.600. The number of nitrogens with one attached hydrogen (secondary N) is 1. The Morgan fingerprint density at radius 1 is 1.04 bits per heavy atom. The van der Waals surface area contributed by atoms with Gasteiger partial charge in [-0.15, -0.1) is 0 Å². The van der Waals surface area contributed by atoms with Gasteiger partial charge in [0.25, 0.3) is 10.0 Å². The summed E-state index contributed by atoms with van der Waals surface area (Å²) in [7, 11) is -3.69. The van der Waals surface area contributed by atoms with Gasteiger partial charge in [-0.1, -0.05) is 35.8 Å². The molecular weight excluding hydrogens is 412 g/mol. The number of halogens is 1. The average Bonchev–Trinajstić information content (AvgIpc) is 2.64. The fourth-order valence-corrected chi connectivity index (χ4v) is 4.53. The molecule has 1 N–H and O–H groups in total. The van der Waals surface area contributed by atoms with E-state index in [1.807, 2.05) is 24.3 Å². The van der Waals surface area contributed by atoms with Crippen LogP contribution in [0.2, 0.25) is 0 Å². The monoisotopic (exact) mass is 432 g/mol. The van der Waals surface area contributed by atoms with E-state index in [0.29, 0.717) is 5.69 Å². The van der Waals surface area contributed by atoms with E-state index in [1.54, 1.807) is 30.5 Å². The van der Waals surface area contributed by atoms with E-state index >= 15 is 0 Å². The molecule has 0 unspecified atom stereocenters. The van der Waals surface area contributed by atoms with Crippen LogP contribution in [0.4, 0.5) is 5.69 Å². The van der Waals surface area contributed by atoms with E-state index < -0.39 is 10.0 Å². The zero-order valence-corrected chi connectivity index (χ0v) is 17.1. The van der Waals surface area contributed by atoms with Crippen LogP contribution in [0.15, 0.2) is 64.1 Å². The molecule has 0 aliphatic carbocycles. The molecule has 3 rings (SSSR count). The Morgan fingerprint density at radius 3 is 2.38 bits per heavy atom. The van der Waals surface area contributed by atoms with Crippen LogP contribution in [0.1, 0.15) is 38.2 Å². The second-order valence-corrected chi connectivity index (χ2v) is 8.77. The van der Waals surface area contributed by atoms with Gasteiger partial charge in [-0.3, -0.25) is 9.71 Å². The van der Waals surface area contributed by atoms with E-state index in [0.717, 1.165) is 33.8 Å². The van der Waals surface area contributed by atoms with E-state index in [9.17, 15) is 8.42 Å². The standard InChI is InChI=1S/C20H21BrN2O2S/c1-3-14(4-2)17-11-12-19-18(6-5-13-22-19)20(17)23-26(24,25)16-9-7-15(21)8-10-16/h5-14,23H,3-4H2,1-2H3. The third-order valence-electron chi connectivity index (χ3n) is 4.60. The topological polar surface area (TPSA) is 59.1 Å². The molecule has 1 heterocycles. The minimum Gasteiger partial charge on any atom is -0.279 e. The normalized spacial score (nSPS) is 11.8. The molecule has 2 aromatic carbocycles. The van der Waals surface area contributed by atoms with Crippen molar-refractivity contribution in [1.29, 1.82) is 0 Å². The number of aromatic nitrogens is 1. The number of benzene rings is 2. The molecule has 1 aromatic heterocycles. The van der Waals surface area contributed by atoms with Crippen LogP contribution < -0.4 is 4.72 Å². The average molecular weight is 433 g/mol. The van der Waals surface area contributed by atoms with Crippen LogP contribution in [0.5, 0.6) is 0 Å². The van der Waals surface area contributed by atoms with Crippen LogP contribution >= 0.6 is 15.9 Å². The highest BCUT2D eigenvalue weighted by Crippen LogP contribution is 2.36. The molecule has 4 nitrogen and oxygen atoms in total. The highest BCUT2D eigenvalue weighted by Gasteiger charge is 2.21. The largest absolute Gasteiger partial charge is 0.279 e. The van der Waals surface area contributed by atoms with Crippen molar-refractivity contribution in [3.63, 3.8) is 0 Å². The van der Waals surface area contributed by atoms with Gasteiger partial charge >= 0.3 is 0 Å². The minimum absolute atomic E-state index is 0.233. The predicted octanol–water partition coefficient (Wildman–Crippen LogP) is 5.70. The van der Waals surface area contributed by atoms with Crippen molar-refractivity contribution < 1.29 is 8.42 Å². The summed E-state index contributed by atoms with van der Waals surface area (Å²) in [6.07, 6.45) is 3.59. The van der Waals surface area contributed by atoms with Crippen LogP contribution in [-0.4, -0.2) is 13.4 Å². The summed E-state index contributed by atoms with van der Waals surface area (Å²) >= 11 is 3.34. The van der Waals surface area contributed by atoms with Crippen molar-refractivity contribution >= 4 is 42.5 Å². The predicted molar refractivity (Wildman–Crippen MR) is 110 cm³/mol. The van der Waals surface area contributed by atoms with Crippen molar-refractivity contribution in [1.82, 2.24) is 4.98 Å². The van der Waals surface area contributed by atoms with Crippen LogP contribution in [-0.2, 0) is 10.0 Å². The van der Waals surface area contributed by atoms with Gasteiger partial charge in [0.15, 0.2) is 0 Å². The minimum atomic E-state index is -3.69. The fraction of sp³-hybridized carbons (Fsp3) is 0.250. The number of hydrogen-bond donors (Lipinski definition) is 1. The van der Waals surface area contributed by atoms with Gasteiger partial charge < -0.3 is 0 Å². The fourth-order valence-electron chi connectivity index (χ4n) is 3.16. The van der Waals surface area contributed by atoms with Gasteiger partial charge in [0.2, 0.25) is 0 Å². The first-order valence-electron chi connectivity index (χ1n) is 8.62. The summed E-state index contributed by atoms with van der Waals surface area (Å²) in [6.45, 7) is 4.24. The Hall–Kier alpha value is -1.92. The Morgan fingerprint density at radius 2 is 1.73 bits per heavy atom. The van der Waals surface area contributed by atoms with Crippen molar-refractivity contribution in [2.24, 2.45) is 0 Å². The Kier molecular flexibility index (Phi) is 5.63. The SMILES string of the molecule is CCC(CC)c1ccc2ncccc2c1NS(=O)(=O)c1ccc(Br)cc1. The molecule has 0 amide bonds. The molecule has 0 aliphatic heterocycles. The van der Waals surface area contributed by atoms with Gasteiger partial charge in [0.05, 0.1) is 16.1 Å². The molecule has 0 aliphatic rings. The van der Waals surface area contributed by atoms with Gasteiger partial charge in [-0.2, -0.15) is 0 Å². The number of anilines is 1. The highest BCUT2D eigenvalue weighted by molar-refractivity contribution is 9.10. The first kappa shape index (κ1) is 18.9. The highest BCUT2D eigenvalue weighted by atomic mass is 79.9. The first-order valence-corrected chi connectivity index (χ1v) is 10.9. The number of pyridine rings is 1. The summed E-state index contributed by atoms with van der Waals surface area (Å²) < 4.78 is 29.6. The quantitative estimate of drug-likeness (QED) is 0.542. The van der Waals surface area contributed by atoms with E-state index in [1.165, 1.54) is 0 Å². The zero-order chi connectivity index (χ0) is 18.7. The Labute approximate surface area is 162 Å². The summed E-state index contributed by atoms with van der Waals surface area (Å²) in [6, 6.07) is 14.3. The van der Waals surface area contributed by atoms with Crippen LogP contribution in [0.3, 0.4) is 0 Å². The molecule has 0 fully saturated rings. The molecule has 0 spiro atoms. The van der Waals surface area contributed by atoms with Gasteiger partial charge in [0, 0.05) is 16.1 Å². The molecule has 136 valence electrons. The van der Waals surface area contributed by atoms with E-state index in [-0.39, 0.29) is 10.8 Å². The first-order chi connectivity index (χ1) is 12.5. The molecule has 26 heavy (non-hydrogen) atoms. The summed E-state index contributed by atoms with van der Waals surface area (Å²) in [5.41, 5.74) is 2.42. The molecule has 3 aromatic rings. The van der Waals surface area contributed by atoms with Crippen molar-refractivity contribution in [3.05, 3.63) is 64.8 Å². The maximum atomic E-state index is 13.0. The van der Waals surface area contributed by atoms with E-state index in [2.05, 4.69) is 39.5 Å². The summed E-state index contributed by atoms with van der Waals surface area (Å²) in [4.78, 5) is 4.60. The van der Waals surface area contributed by atoms with Gasteiger partial charge in [-0.05, 0) is 66.8 Å². The zero-order valence-electron chi connectivity index (χ0n) is 14.7. The Balaban J connectivity index is 2.15. The molecule has 0 radical (unpaired) electrons. The number of sulfonamides is 1. The second kappa shape index (κ2) is 7.76. The lowest BCUT2D eigenvalue weighted by atomic mass is 9.91. The van der Waals surface area contributed by atoms with E-state index in [4.69, 9.17) is 0 Å². The smallest absolute Gasteiger partial charge is 0.261 e. The maximum Gasteiger partial charge on any atom is 0.261 e. The molecule has 0 saturated carbocycles. The molecule has 6 heteroatoms. The maximum absolute atomic E-state index is 13.0. The van der Waals surface area contributed by atoms with Crippen LogP contribution in [0.25, 0.3) is 10.9 Å². The second-order valence-electron chi connectivity index (χ2n) is 6.17. The number of rotatable bonds is 6. The number of nitrogens with zero attached hydrogens (tertiary/aromatic N) is 1. The van der Waals surface area contributed by atoms with Crippen molar-refractivity contribution in [2.75, 3.05) is 4.72 Å². The van der Waals surface area contributed by atoms with Crippen LogP contribution in [0, 0.1) is 0 Å². The summed E-state index contributed by atoms with van der Waals surface area (Å²) in [5.74, 6) is 0.280. The lowest BCUT2D eigenvalue weighted by Crippen LogP contribution is -2.15. The number of hydrogen-bond acceptors (Lipinski definition) is 3.